The number of carbonyl (C=O) groups is 1. The van der Waals surface area contributed by atoms with Crippen molar-refractivity contribution in [3.63, 3.8) is 0 Å². The Hall–Kier alpha value is -2.84. The Morgan fingerprint density at radius 3 is 2.76 bits per heavy atom. The van der Waals surface area contributed by atoms with Crippen LogP contribution in [0.4, 0.5) is 5.82 Å². The lowest BCUT2D eigenvalue weighted by Gasteiger charge is -2.10. The van der Waals surface area contributed by atoms with Crippen LogP contribution in [0.25, 0.3) is 16.7 Å². The Morgan fingerprint density at radius 2 is 2.07 bits per heavy atom. The number of aliphatic hydroxyl groups excluding tert-OH is 1. The van der Waals surface area contributed by atoms with Gasteiger partial charge in [0.15, 0.2) is 5.82 Å². The first-order valence-electron chi connectivity index (χ1n) is 9.85. The molecule has 8 heteroatoms. The molecule has 5 rings (SSSR count). The molecule has 1 atom stereocenters. The highest BCUT2D eigenvalue weighted by molar-refractivity contribution is 5.91. The van der Waals surface area contributed by atoms with E-state index in [4.69, 9.17) is 19.9 Å². The van der Waals surface area contributed by atoms with Gasteiger partial charge in [-0.2, -0.15) is 5.10 Å². The Labute approximate surface area is 168 Å². The summed E-state index contributed by atoms with van der Waals surface area (Å²) in [7, 11) is 1.00. The van der Waals surface area contributed by atoms with E-state index in [0.717, 1.165) is 67.7 Å². The van der Waals surface area contributed by atoms with Gasteiger partial charge in [0.05, 0.1) is 17.8 Å². The summed E-state index contributed by atoms with van der Waals surface area (Å²) in [4.78, 5) is 20.7. The molecule has 0 spiro atoms. The SMILES string of the molecule is CC(=O)Nc1cc2c(cn1)c(C1CC1)nn2-c1cccc(C2CCOC2)n1.CO. The number of aliphatic hydroxyl groups is 1. The number of pyridine rings is 2. The van der Waals surface area contributed by atoms with Gasteiger partial charge in [0, 0.05) is 55.8 Å². The van der Waals surface area contributed by atoms with E-state index in [1.54, 1.807) is 0 Å². The number of fused-ring (bicyclic) bond motifs is 1. The standard InChI is InChI=1S/C20H21N5O2.CH4O/c1-12(26)22-18-9-17-15(10-21-18)20(13-5-6-13)24-25(17)19-4-2-3-16(23-19)14-7-8-27-11-14;1-2/h2-4,9-10,13-14H,5-8,11H2,1H3,(H,21,22,26);2H,1H3. The van der Waals surface area contributed by atoms with Crippen LogP contribution < -0.4 is 5.32 Å². The van der Waals surface area contributed by atoms with Gasteiger partial charge >= 0.3 is 0 Å². The molecule has 1 aliphatic heterocycles. The lowest BCUT2D eigenvalue weighted by atomic mass is 10.0. The second-order valence-electron chi connectivity index (χ2n) is 7.32. The summed E-state index contributed by atoms with van der Waals surface area (Å²) < 4.78 is 7.40. The molecule has 1 aliphatic carbocycles. The molecule has 1 saturated carbocycles. The predicted molar refractivity (Wildman–Crippen MR) is 109 cm³/mol. The van der Waals surface area contributed by atoms with Crippen molar-refractivity contribution >= 4 is 22.6 Å². The van der Waals surface area contributed by atoms with Gasteiger partial charge in [0.25, 0.3) is 0 Å². The zero-order valence-corrected chi connectivity index (χ0v) is 16.6. The fraction of sp³-hybridized carbons (Fsp3) is 0.429. The van der Waals surface area contributed by atoms with Crippen LogP contribution in [0.3, 0.4) is 0 Å². The molecule has 2 N–H and O–H groups in total. The molecule has 29 heavy (non-hydrogen) atoms. The first kappa shape index (κ1) is 19.5. The summed E-state index contributed by atoms with van der Waals surface area (Å²) in [5.74, 6) is 2.01. The fourth-order valence-corrected chi connectivity index (χ4v) is 3.67. The normalized spacial score (nSPS) is 18.4. The number of hydrogen-bond acceptors (Lipinski definition) is 6. The molecular formula is C21H25N5O3. The Morgan fingerprint density at radius 1 is 1.24 bits per heavy atom. The van der Waals surface area contributed by atoms with Gasteiger partial charge < -0.3 is 15.2 Å². The number of nitrogens with zero attached hydrogens (tertiary/aromatic N) is 4. The minimum atomic E-state index is -0.142. The fourth-order valence-electron chi connectivity index (χ4n) is 3.67. The van der Waals surface area contributed by atoms with Crippen molar-refractivity contribution in [2.45, 2.75) is 38.0 Å². The van der Waals surface area contributed by atoms with Crippen molar-refractivity contribution in [1.82, 2.24) is 19.7 Å². The quantitative estimate of drug-likeness (QED) is 0.704. The summed E-state index contributed by atoms with van der Waals surface area (Å²) in [6.07, 6.45) is 5.13. The number of carbonyl (C=O) groups excluding carboxylic acids is 1. The van der Waals surface area contributed by atoms with Crippen molar-refractivity contribution in [2.75, 3.05) is 25.6 Å². The van der Waals surface area contributed by atoms with Crippen molar-refractivity contribution < 1.29 is 14.6 Å². The van der Waals surface area contributed by atoms with Gasteiger partial charge in [-0.15, -0.1) is 0 Å². The van der Waals surface area contributed by atoms with Crippen molar-refractivity contribution in [3.05, 3.63) is 41.9 Å². The van der Waals surface area contributed by atoms with E-state index in [-0.39, 0.29) is 5.91 Å². The summed E-state index contributed by atoms with van der Waals surface area (Å²) in [5.41, 5.74) is 3.03. The second kappa shape index (κ2) is 8.26. The number of rotatable bonds is 4. The molecule has 8 nitrogen and oxygen atoms in total. The van der Waals surface area contributed by atoms with E-state index >= 15 is 0 Å². The minimum Gasteiger partial charge on any atom is -0.400 e. The van der Waals surface area contributed by atoms with Crippen LogP contribution in [0.1, 0.15) is 49.4 Å². The summed E-state index contributed by atoms with van der Waals surface area (Å²) >= 11 is 0. The summed E-state index contributed by atoms with van der Waals surface area (Å²) in [6.45, 7) is 2.99. The molecule has 3 aromatic rings. The van der Waals surface area contributed by atoms with Gasteiger partial charge in [-0.1, -0.05) is 6.07 Å². The number of amides is 1. The van der Waals surface area contributed by atoms with Crippen LogP contribution in [0.15, 0.2) is 30.5 Å². The third-order valence-electron chi connectivity index (χ3n) is 5.18. The molecule has 3 aromatic heterocycles. The highest BCUT2D eigenvalue weighted by Gasteiger charge is 2.30. The lowest BCUT2D eigenvalue weighted by molar-refractivity contribution is -0.114. The van der Waals surface area contributed by atoms with Gasteiger partial charge in [0.2, 0.25) is 5.91 Å². The Bertz CT molecular complexity index is 1020. The zero-order chi connectivity index (χ0) is 20.4. The van der Waals surface area contributed by atoms with Crippen LogP contribution in [0, 0.1) is 0 Å². The second-order valence-corrected chi connectivity index (χ2v) is 7.32. The van der Waals surface area contributed by atoms with Crippen molar-refractivity contribution in [3.8, 4) is 5.82 Å². The van der Waals surface area contributed by atoms with Crippen molar-refractivity contribution in [2.24, 2.45) is 0 Å². The van der Waals surface area contributed by atoms with Gasteiger partial charge in [-0.25, -0.2) is 14.6 Å². The maximum atomic E-state index is 11.4. The predicted octanol–water partition coefficient (Wildman–Crippen LogP) is 2.76. The van der Waals surface area contributed by atoms with Crippen molar-refractivity contribution in [1.29, 1.82) is 0 Å². The highest BCUT2D eigenvalue weighted by atomic mass is 16.5. The summed E-state index contributed by atoms with van der Waals surface area (Å²) in [6, 6.07) is 7.93. The molecule has 2 fully saturated rings. The maximum absolute atomic E-state index is 11.4. The Balaban J connectivity index is 0.000000994. The maximum Gasteiger partial charge on any atom is 0.222 e. The van der Waals surface area contributed by atoms with E-state index in [1.165, 1.54) is 6.92 Å². The van der Waals surface area contributed by atoms with E-state index in [1.807, 2.05) is 29.1 Å². The topological polar surface area (TPSA) is 102 Å². The molecule has 2 aliphatic rings. The number of hydrogen-bond donors (Lipinski definition) is 2. The third kappa shape index (κ3) is 3.99. The average Bonchev–Trinajstić information content (AvgIpc) is 3.29. The molecule has 152 valence electrons. The van der Waals surface area contributed by atoms with Crippen LogP contribution in [-0.2, 0) is 9.53 Å². The van der Waals surface area contributed by atoms with E-state index in [2.05, 4.69) is 16.4 Å². The number of anilines is 1. The third-order valence-corrected chi connectivity index (χ3v) is 5.18. The number of ether oxygens (including phenoxy) is 1. The molecule has 1 unspecified atom stereocenters. The van der Waals surface area contributed by atoms with Gasteiger partial charge in [-0.3, -0.25) is 4.79 Å². The molecule has 0 bridgehead atoms. The molecule has 0 aromatic carbocycles. The van der Waals surface area contributed by atoms with Crippen LogP contribution in [-0.4, -0.2) is 51.1 Å². The van der Waals surface area contributed by atoms with Crippen LogP contribution in [0.2, 0.25) is 0 Å². The van der Waals surface area contributed by atoms with E-state index in [9.17, 15) is 4.79 Å². The first-order valence-corrected chi connectivity index (χ1v) is 9.85. The molecule has 4 heterocycles. The smallest absolute Gasteiger partial charge is 0.222 e. The zero-order valence-electron chi connectivity index (χ0n) is 16.6. The first-order chi connectivity index (χ1) is 14.2. The van der Waals surface area contributed by atoms with E-state index in [0.29, 0.717) is 17.7 Å². The lowest BCUT2D eigenvalue weighted by Crippen LogP contribution is -2.08. The summed E-state index contributed by atoms with van der Waals surface area (Å²) in [5, 5.41) is 15.7. The molecule has 1 saturated heterocycles. The number of aromatic nitrogens is 4. The van der Waals surface area contributed by atoms with Crippen LogP contribution >= 0.6 is 0 Å². The van der Waals surface area contributed by atoms with Gasteiger partial charge in [-0.05, 0) is 31.4 Å². The van der Waals surface area contributed by atoms with Gasteiger partial charge in [0.1, 0.15) is 5.82 Å². The molecule has 1 amide bonds. The molecule has 0 radical (unpaired) electrons. The average molecular weight is 395 g/mol. The highest BCUT2D eigenvalue weighted by Crippen LogP contribution is 2.43. The largest absolute Gasteiger partial charge is 0.400 e. The van der Waals surface area contributed by atoms with Crippen LogP contribution in [0.5, 0.6) is 0 Å². The van der Waals surface area contributed by atoms with E-state index < -0.39 is 0 Å². The number of nitrogens with one attached hydrogen (secondary N) is 1. The Kier molecular flexibility index (Phi) is 5.55. The monoisotopic (exact) mass is 395 g/mol. The molecular weight excluding hydrogens is 370 g/mol. The minimum absolute atomic E-state index is 0.142.